The van der Waals surface area contributed by atoms with Crippen molar-refractivity contribution in [1.29, 1.82) is 0 Å². The molecule has 28 heavy (non-hydrogen) atoms. The first-order valence-corrected chi connectivity index (χ1v) is 9.97. The van der Waals surface area contributed by atoms with Gasteiger partial charge in [-0.3, -0.25) is 9.78 Å². The number of anilines is 2. The van der Waals surface area contributed by atoms with Crippen LogP contribution in [0.1, 0.15) is 29.0 Å². The van der Waals surface area contributed by atoms with Gasteiger partial charge < -0.3 is 19.9 Å². The van der Waals surface area contributed by atoms with Crippen LogP contribution in [-0.4, -0.2) is 61.3 Å². The minimum Gasteiger partial charge on any atom is -0.378 e. The van der Waals surface area contributed by atoms with Crippen molar-refractivity contribution >= 4 is 17.4 Å². The predicted molar refractivity (Wildman–Crippen MR) is 109 cm³/mol. The van der Waals surface area contributed by atoms with Crippen molar-refractivity contribution in [3.05, 3.63) is 47.9 Å². The van der Waals surface area contributed by atoms with Crippen molar-refractivity contribution in [1.82, 2.24) is 15.3 Å². The molecule has 7 nitrogen and oxygen atoms in total. The number of rotatable bonds is 4. The molecule has 7 heteroatoms. The average molecular weight is 381 g/mol. The SMILES string of the molecule is Cc1cccc(N2CCC(NC(=O)c3cc(N4CCOCC4)ccn3)CC2)n1. The highest BCUT2D eigenvalue weighted by Gasteiger charge is 2.23. The summed E-state index contributed by atoms with van der Waals surface area (Å²) >= 11 is 0. The highest BCUT2D eigenvalue weighted by molar-refractivity contribution is 5.93. The van der Waals surface area contributed by atoms with E-state index in [1.54, 1.807) is 6.20 Å². The van der Waals surface area contributed by atoms with Crippen LogP contribution in [0, 0.1) is 6.92 Å². The number of nitrogens with one attached hydrogen (secondary N) is 1. The fraction of sp³-hybridized carbons (Fsp3) is 0.476. The second kappa shape index (κ2) is 8.56. The average Bonchev–Trinajstić information content (AvgIpc) is 2.75. The predicted octanol–water partition coefficient (Wildman–Crippen LogP) is 2.02. The van der Waals surface area contributed by atoms with E-state index in [2.05, 4.69) is 25.1 Å². The zero-order valence-corrected chi connectivity index (χ0v) is 16.3. The molecule has 148 valence electrons. The maximum atomic E-state index is 12.7. The monoisotopic (exact) mass is 381 g/mol. The molecule has 0 unspecified atom stereocenters. The van der Waals surface area contributed by atoms with Crippen molar-refractivity contribution in [2.45, 2.75) is 25.8 Å². The number of aryl methyl sites for hydroxylation is 1. The van der Waals surface area contributed by atoms with Gasteiger partial charge in [0, 0.05) is 49.8 Å². The molecule has 4 rings (SSSR count). The normalized spacial score (nSPS) is 18.2. The second-order valence-corrected chi connectivity index (χ2v) is 7.37. The smallest absolute Gasteiger partial charge is 0.270 e. The Labute approximate surface area is 165 Å². The number of amides is 1. The molecular formula is C21H27N5O2. The minimum absolute atomic E-state index is 0.0951. The summed E-state index contributed by atoms with van der Waals surface area (Å²) in [6.45, 7) is 6.92. The third kappa shape index (κ3) is 4.42. The summed E-state index contributed by atoms with van der Waals surface area (Å²) in [7, 11) is 0. The molecule has 4 heterocycles. The second-order valence-electron chi connectivity index (χ2n) is 7.37. The number of nitrogens with zero attached hydrogens (tertiary/aromatic N) is 4. The van der Waals surface area contributed by atoms with Gasteiger partial charge in [-0.25, -0.2) is 4.98 Å². The van der Waals surface area contributed by atoms with Crippen molar-refractivity contribution in [2.24, 2.45) is 0 Å². The first-order chi connectivity index (χ1) is 13.7. The summed E-state index contributed by atoms with van der Waals surface area (Å²) in [6.07, 6.45) is 3.53. The van der Waals surface area contributed by atoms with E-state index in [4.69, 9.17) is 4.74 Å². The van der Waals surface area contributed by atoms with Crippen LogP contribution < -0.4 is 15.1 Å². The Morgan fingerprint density at radius 2 is 1.89 bits per heavy atom. The summed E-state index contributed by atoms with van der Waals surface area (Å²) in [6, 6.07) is 10.1. The van der Waals surface area contributed by atoms with Crippen LogP contribution in [0.15, 0.2) is 36.5 Å². The number of carbonyl (C=O) groups excluding carboxylic acids is 1. The Morgan fingerprint density at radius 1 is 1.11 bits per heavy atom. The zero-order chi connectivity index (χ0) is 19.3. The number of morpholine rings is 1. The molecule has 0 spiro atoms. The molecule has 2 aromatic heterocycles. The molecule has 1 amide bonds. The van der Waals surface area contributed by atoms with Gasteiger partial charge in [-0.2, -0.15) is 0 Å². The molecule has 0 atom stereocenters. The number of aromatic nitrogens is 2. The van der Waals surface area contributed by atoms with E-state index in [1.165, 1.54) is 0 Å². The number of pyridine rings is 2. The number of piperidine rings is 1. The van der Waals surface area contributed by atoms with E-state index in [0.717, 1.165) is 69.4 Å². The summed E-state index contributed by atoms with van der Waals surface area (Å²) in [4.78, 5) is 26.1. The van der Waals surface area contributed by atoms with Crippen molar-refractivity contribution < 1.29 is 9.53 Å². The summed E-state index contributed by atoms with van der Waals surface area (Å²) in [5, 5.41) is 3.16. The van der Waals surface area contributed by atoms with Crippen LogP contribution in [0.3, 0.4) is 0 Å². The Morgan fingerprint density at radius 3 is 2.64 bits per heavy atom. The van der Waals surface area contributed by atoms with Crippen LogP contribution in [-0.2, 0) is 4.74 Å². The highest BCUT2D eigenvalue weighted by atomic mass is 16.5. The quantitative estimate of drug-likeness (QED) is 0.874. The van der Waals surface area contributed by atoms with Crippen molar-refractivity contribution in [2.75, 3.05) is 49.2 Å². The van der Waals surface area contributed by atoms with Gasteiger partial charge in [0.15, 0.2) is 0 Å². The fourth-order valence-electron chi connectivity index (χ4n) is 3.78. The van der Waals surface area contributed by atoms with E-state index in [0.29, 0.717) is 5.69 Å². The van der Waals surface area contributed by atoms with E-state index in [-0.39, 0.29) is 11.9 Å². The number of hydrogen-bond donors (Lipinski definition) is 1. The standard InChI is InChI=1S/C21H27N5O2/c1-16-3-2-4-20(23-16)26-9-6-17(7-10-26)24-21(27)19-15-18(5-8-22-19)25-11-13-28-14-12-25/h2-5,8,15,17H,6-7,9-14H2,1H3,(H,24,27). The first-order valence-electron chi connectivity index (χ1n) is 9.97. The van der Waals surface area contributed by atoms with E-state index in [9.17, 15) is 4.79 Å². The summed E-state index contributed by atoms with van der Waals surface area (Å²) < 4.78 is 5.40. The van der Waals surface area contributed by atoms with Crippen LogP contribution >= 0.6 is 0 Å². The zero-order valence-electron chi connectivity index (χ0n) is 16.3. The lowest BCUT2D eigenvalue weighted by molar-refractivity contribution is 0.0926. The van der Waals surface area contributed by atoms with Gasteiger partial charge in [0.2, 0.25) is 0 Å². The molecule has 2 saturated heterocycles. The summed E-state index contributed by atoms with van der Waals surface area (Å²) in [5.74, 6) is 0.923. The third-order valence-corrected chi connectivity index (χ3v) is 5.38. The van der Waals surface area contributed by atoms with Crippen LogP contribution in [0.25, 0.3) is 0 Å². The van der Waals surface area contributed by atoms with E-state index < -0.39 is 0 Å². The molecule has 0 aliphatic carbocycles. The van der Waals surface area contributed by atoms with Gasteiger partial charge in [-0.1, -0.05) is 6.07 Å². The lowest BCUT2D eigenvalue weighted by atomic mass is 10.0. The van der Waals surface area contributed by atoms with E-state index >= 15 is 0 Å². The molecule has 1 N–H and O–H groups in total. The Bertz CT molecular complexity index is 814. The molecular weight excluding hydrogens is 354 g/mol. The van der Waals surface area contributed by atoms with Crippen LogP contribution in [0.2, 0.25) is 0 Å². The van der Waals surface area contributed by atoms with Crippen LogP contribution in [0.5, 0.6) is 0 Å². The molecule has 2 aliphatic heterocycles. The van der Waals surface area contributed by atoms with Gasteiger partial charge in [-0.05, 0) is 44.0 Å². The molecule has 2 aliphatic rings. The van der Waals surface area contributed by atoms with Gasteiger partial charge >= 0.3 is 0 Å². The van der Waals surface area contributed by atoms with Crippen LogP contribution in [0.4, 0.5) is 11.5 Å². The molecule has 2 fully saturated rings. The largest absolute Gasteiger partial charge is 0.378 e. The number of carbonyl (C=O) groups is 1. The maximum Gasteiger partial charge on any atom is 0.270 e. The van der Waals surface area contributed by atoms with E-state index in [1.807, 2.05) is 37.3 Å². The molecule has 0 aromatic carbocycles. The topological polar surface area (TPSA) is 70.6 Å². The Balaban J connectivity index is 1.33. The van der Waals surface area contributed by atoms with Crippen molar-refractivity contribution in [3.8, 4) is 0 Å². The molecule has 2 aromatic rings. The van der Waals surface area contributed by atoms with Crippen molar-refractivity contribution in [3.63, 3.8) is 0 Å². The summed E-state index contributed by atoms with van der Waals surface area (Å²) in [5.41, 5.74) is 2.54. The highest BCUT2D eigenvalue weighted by Crippen LogP contribution is 2.19. The van der Waals surface area contributed by atoms with Gasteiger partial charge in [0.1, 0.15) is 11.5 Å². The van der Waals surface area contributed by atoms with Gasteiger partial charge in [0.05, 0.1) is 13.2 Å². The molecule has 0 saturated carbocycles. The Hall–Kier alpha value is -2.67. The fourth-order valence-corrected chi connectivity index (χ4v) is 3.78. The lowest BCUT2D eigenvalue weighted by Gasteiger charge is -2.33. The maximum absolute atomic E-state index is 12.7. The first kappa shape index (κ1) is 18.7. The van der Waals surface area contributed by atoms with Gasteiger partial charge in [0.25, 0.3) is 5.91 Å². The minimum atomic E-state index is -0.0951. The molecule has 0 radical (unpaired) electrons. The lowest BCUT2D eigenvalue weighted by Crippen LogP contribution is -2.45. The number of hydrogen-bond acceptors (Lipinski definition) is 6. The third-order valence-electron chi connectivity index (χ3n) is 5.38. The number of ether oxygens (including phenoxy) is 1. The van der Waals surface area contributed by atoms with Gasteiger partial charge in [-0.15, -0.1) is 0 Å². The molecule has 0 bridgehead atoms. The Kier molecular flexibility index (Phi) is 5.71.